The van der Waals surface area contributed by atoms with Crippen molar-refractivity contribution in [3.63, 3.8) is 0 Å². The fourth-order valence-corrected chi connectivity index (χ4v) is 13.8. The minimum Gasteiger partial charge on any atom is -0.497 e. The zero-order chi connectivity index (χ0) is 53.1. The second kappa shape index (κ2) is 22.2. The number of hydrogen-bond acceptors (Lipinski definition) is 13. The van der Waals surface area contributed by atoms with E-state index < -0.39 is 67.3 Å². The first kappa shape index (κ1) is 52.4. The Morgan fingerprint density at radius 3 is 1.72 bits per heavy atom. The molecule has 5 aliphatic rings. The third-order valence-electron chi connectivity index (χ3n) is 17.5. The Hall–Kier alpha value is -7.09. The summed E-state index contributed by atoms with van der Waals surface area (Å²) in [5, 5.41) is 0. The van der Waals surface area contributed by atoms with Gasteiger partial charge in [0.25, 0.3) is 0 Å². The van der Waals surface area contributed by atoms with E-state index >= 15 is 0 Å². The summed E-state index contributed by atoms with van der Waals surface area (Å²) in [5.74, 6) is -0.405. The summed E-state index contributed by atoms with van der Waals surface area (Å²) in [6.07, 6.45) is 0.357. The number of carbonyl (C=O) groups excluding carboxylic acids is 5. The molecule has 76 heavy (non-hydrogen) atoms. The van der Waals surface area contributed by atoms with Gasteiger partial charge in [0.15, 0.2) is 24.6 Å². The fraction of sp³-hybridized carbons (Fsp3) is 0.413. The first-order valence-electron chi connectivity index (χ1n) is 26.5. The van der Waals surface area contributed by atoms with Crippen molar-refractivity contribution in [1.82, 2.24) is 0 Å². The molecule has 0 bridgehead atoms. The van der Waals surface area contributed by atoms with Crippen LogP contribution in [0.25, 0.3) is 0 Å². The number of Topliss-reactive ketones (excluding diaryl/α,β-unsaturated/α-hetero) is 1. The zero-order valence-electron chi connectivity index (χ0n) is 43.7. The van der Waals surface area contributed by atoms with Crippen LogP contribution in [0.4, 0.5) is 0 Å². The summed E-state index contributed by atoms with van der Waals surface area (Å²) in [6.45, 7) is 6.03. The maximum atomic E-state index is 14.3. The predicted molar refractivity (Wildman–Crippen MR) is 281 cm³/mol. The third kappa shape index (κ3) is 10.3. The molecule has 0 unspecified atom stereocenters. The lowest BCUT2D eigenvalue weighted by Gasteiger charge is -2.58. The summed E-state index contributed by atoms with van der Waals surface area (Å²) >= 11 is 0. The van der Waals surface area contributed by atoms with Gasteiger partial charge in [-0.1, -0.05) is 98.3 Å². The highest BCUT2D eigenvalue weighted by molar-refractivity contribution is 5.91. The van der Waals surface area contributed by atoms with Crippen LogP contribution in [-0.4, -0.2) is 87.3 Å². The molecule has 5 aromatic rings. The van der Waals surface area contributed by atoms with Crippen LogP contribution in [0.2, 0.25) is 0 Å². The summed E-state index contributed by atoms with van der Waals surface area (Å²) in [5.41, 5.74) is 2.85. The maximum absolute atomic E-state index is 14.3. The number of fused-ring (bicyclic) bond motifs is 5. The quantitative estimate of drug-likeness (QED) is 0.0554. The number of benzene rings is 5. The Kier molecular flexibility index (Phi) is 15.3. The standard InChI is InChI=1S/C63H66O13/c1-38(64)53-48(47-35-44(69-4)27-29-51(47)70-5)36-50-46-28-26-43-34-45(30-32-62(43,2)49(46)31-33-63(50,53)3)72-61-56(76-60(68)42-24-16-9-17-25-42)55(75-59(67)41-22-14-8-15-23-41)54(74-58(66)40-20-12-7-13-21-40)52(73-61)37-71-57(65)39-18-10-6-11-19-39/h6-27,29,35,45-46,48-50,52-56,61H,28,30-34,36-37H2,1-5H3/t45-,46+,48-,49-,50-,52+,53-,54+,55-,56+,61+,62-,63-/m0/s1. The summed E-state index contributed by atoms with van der Waals surface area (Å²) in [7, 11) is 3.34. The number of esters is 4. The highest BCUT2D eigenvalue weighted by Gasteiger charge is 2.63. The highest BCUT2D eigenvalue weighted by Crippen LogP contribution is 2.69. The molecule has 10 rings (SSSR count). The van der Waals surface area contributed by atoms with E-state index in [1.54, 1.807) is 142 Å². The molecule has 0 N–H and O–H groups in total. The lowest BCUT2D eigenvalue weighted by molar-refractivity contribution is -0.310. The van der Waals surface area contributed by atoms with Gasteiger partial charge in [0, 0.05) is 11.5 Å². The van der Waals surface area contributed by atoms with Crippen molar-refractivity contribution in [2.45, 2.75) is 108 Å². The van der Waals surface area contributed by atoms with Gasteiger partial charge in [-0.05, 0) is 153 Å². The van der Waals surface area contributed by atoms with Crippen molar-refractivity contribution >= 4 is 29.7 Å². The van der Waals surface area contributed by atoms with Gasteiger partial charge in [-0.15, -0.1) is 0 Å². The molecule has 0 aromatic heterocycles. The molecule has 396 valence electrons. The molecule has 13 atom stereocenters. The van der Waals surface area contributed by atoms with E-state index in [0.717, 1.165) is 49.2 Å². The van der Waals surface area contributed by atoms with Gasteiger partial charge in [-0.2, -0.15) is 0 Å². The van der Waals surface area contributed by atoms with Crippen LogP contribution >= 0.6 is 0 Å². The van der Waals surface area contributed by atoms with Gasteiger partial charge >= 0.3 is 23.9 Å². The third-order valence-corrected chi connectivity index (χ3v) is 17.5. The van der Waals surface area contributed by atoms with Gasteiger partial charge in [0.05, 0.1) is 42.6 Å². The van der Waals surface area contributed by atoms with Crippen LogP contribution in [0.3, 0.4) is 0 Å². The van der Waals surface area contributed by atoms with E-state index in [2.05, 4.69) is 26.0 Å². The average Bonchev–Trinajstić information content (AvgIpc) is 3.83. The molecule has 3 saturated carbocycles. The minimum atomic E-state index is -1.53. The molecule has 1 heterocycles. The molecule has 0 spiro atoms. The first-order valence-corrected chi connectivity index (χ1v) is 26.5. The zero-order valence-corrected chi connectivity index (χ0v) is 43.7. The largest absolute Gasteiger partial charge is 0.497 e. The minimum absolute atomic E-state index is 0.0130. The highest BCUT2D eigenvalue weighted by atomic mass is 16.7. The van der Waals surface area contributed by atoms with Crippen molar-refractivity contribution in [2.24, 2.45) is 34.5 Å². The van der Waals surface area contributed by atoms with E-state index in [1.165, 1.54) is 5.57 Å². The van der Waals surface area contributed by atoms with Crippen LogP contribution < -0.4 is 9.47 Å². The number of rotatable bonds is 15. The molecule has 4 aliphatic carbocycles. The van der Waals surface area contributed by atoms with Gasteiger partial charge in [0.1, 0.15) is 30.0 Å². The Morgan fingerprint density at radius 2 is 1.17 bits per heavy atom. The lowest BCUT2D eigenvalue weighted by atomic mass is 9.47. The molecule has 4 fully saturated rings. The molecule has 1 aliphatic heterocycles. The number of ketones is 1. The molecule has 1 saturated heterocycles. The Morgan fingerprint density at radius 1 is 0.618 bits per heavy atom. The first-order chi connectivity index (χ1) is 36.8. The smallest absolute Gasteiger partial charge is 0.338 e. The number of carbonyl (C=O) groups is 5. The van der Waals surface area contributed by atoms with Crippen LogP contribution in [0, 0.1) is 34.5 Å². The summed E-state index contributed by atoms with van der Waals surface area (Å²) in [4.78, 5) is 70.0. The van der Waals surface area contributed by atoms with Crippen LogP contribution in [0.5, 0.6) is 11.5 Å². The van der Waals surface area contributed by atoms with Gasteiger partial charge in [-0.3, -0.25) is 4.79 Å². The molecule has 13 nitrogen and oxygen atoms in total. The number of allylic oxidation sites excluding steroid dienone is 1. The van der Waals surface area contributed by atoms with E-state index in [9.17, 15) is 24.0 Å². The normalized spacial score (nSPS) is 30.4. The van der Waals surface area contributed by atoms with Crippen molar-refractivity contribution in [1.29, 1.82) is 0 Å². The summed E-state index contributed by atoms with van der Waals surface area (Å²) < 4.78 is 50.3. The Balaban J connectivity index is 0.972. The Labute approximate surface area is 444 Å². The van der Waals surface area contributed by atoms with Crippen molar-refractivity contribution in [3.8, 4) is 11.5 Å². The Bertz CT molecular complexity index is 2930. The van der Waals surface area contributed by atoms with E-state index in [-0.39, 0.29) is 50.7 Å². The predicted octanol–water partition coefficient (Wildman–Crippen LogP) is 11.2. The molecule has 13 heteroatoms. The van der Waals surface area contributed by atoms with Gasteiger partial charge in [-0.25, -0.2) is 19.2 Å². The molecule has 5 aromatic carbocycles. The lowest BCUT2D eigenvalue weighted by Crippen LogP contribution is -2.63. The van der Waals surface area contributed by atoms with E-state index in [4.69, 9.17) is 37.9 Å². The maximum Gasteiger partial charge on any atom is 0.338 e. The van der Waals surface area contributed by atoms with E-state index in [0.29, 0.717) is 30.6 Å². The molecular formula is C63H66O13. The topological polar surface area (TPSA) is 159 Å². The van der Waals surface area contributed by atoms with Crippen LogP contribution in [0.15, 0.2) is 151 Å². The van der Waals surface area contributed by atoms with Crippen molar-refractivity contribution < 1.29 is 61.9 Å². The second-order valence-corrected chi connectivity index (χ2v) is 21.6. The van der Waals surface area contributed by atoms with Crippen molar-refractivity contribution in [2.75, 3.05) is 20.8 Å². The second-order valence-electron chi connectivity index (χ2n) is 21.6. The molecule has 0 radical (unpaired) electrons. The number of methoxy groups -OCH3 is 2. The monoisotopic (exact) mass is 1030 g/mol. The number of ether oxygens (including phenoxy) is 8. The van der Waals surface area contributed by atoms with E-state index in [1.807, 2.05) is 12.1 Å². The molecule has 0 amide bonds. The van der Waals surface area contributed by atoms with Gasteiger partial charge < -0.3 is 37.9 Å². The molecular weight excluding hydrogens is 965 g/mol. The SMILES string of the molecule is COc1ccc(OC)c([C@@H]2C[C@H]3[C@@H]4CC=C5C[C@@H](O[C@@H]6O[C@H](COC(=O)c7ccccc7)[C@@H](OC(=O)c7ccccc7)[C@H](OC(=O)c7ccccc7)[C@H]6OC(=O)c6ccccc6)CC[C@]5(C)[C@H]4CC[C@]3(C)[C@H]2C(C)=O)c1. The van der Waals surface area contributed by atoms with Crippen LogP contribution in [-0.2, 0) is 33.2 Å². The van der Waals surface area contributed by atoms with Gasteiger partial charge in [0.2, 0.25) is 0 Å². The average molecular weight is 1030 g/mol. The summed E-state index contributed by atoms with van der Waals surface area (Å²) in [6, 6.07) is 39.3. The number of hydrogen-bond donors (Lipinski definition) is 0. The fourth-order valence-electron chi connectivity index (χ4n) is 13.8. The van der Waals surface area contributed by atoms with Crippen LogP contribution in [0.1, 0.15) is 119 Å². The van der Waals surface area contributed by atoms with Crippen molar-refractivity contribution in [3.05, 3.63) is 179 Å².